The highest BCUT2D eigenvalue weighted by molar-refractivity contribution is 5.85. The fraction of sp³-hybridized carbons (Fsp3) is 0.478. The summed E-state index contributed by atoms with van der Waals surface area (Å²) in [5.41, 5.74) is 1.57. The number of fused-ring (bicyclic) bond motifs is 1. The van der Waals surface area contributed by atoms with Crippen molar-refractivity contribution in [2.75, 3.05) is 36.5 Å². The maximum absolute atomic E-state index is 12.7. The summed E-state index contributed by atoms with van der Waals surface area (Å²) in [6.07, 6.45) is 3.96. The van der Waals surface area contributed by atoms with Gasteiger partial charge < -0.3 is 19.7 Å². The summed E-state index contributed by atoms with van der Waals surface area (Å²) in [7, 11) is 0. The third-order valence-corrected chi connectivity index (χ3v) is 6.16. The van der Waals surface area contributed by atoms with Gasteiger partial charge in [-0.1, -0.05) is 0 Å². The third-order valence-electron chi connectivity index (χ3n) is 6.16. The number of ether oxygens (including phenoxy) is 2. The van der Waals surface area contributed by atoms with Gasteiger partial charge in [-0.25, -0.2) is 15.0 Å². The lowest BCUT2D eigenvalue weighted by Crippen LogP contribution is -2.36. The van der Waals surface area contributed by atoms with Crippen LogP contribution < -0.4 is 15.0 Å². The van der Waals surface area contributed by atoms with Crippen LogP contribution in [0.25, 0.3) is 11.0 Å². The summed E-state index contributed by atoms with van der Waals surface area (Å²) >= 11 is 0. The topological polar surface area (TPSA) is 85.3 Å². The summed E-state index contributed by atoms with van der Waals surface area (Å²) in [6.45, 7) is 3.01. The lowest BCUT2D eigenvalue weighted by Gasteiger charge is -2.31. The van der Waals surface area contributed by atoms with Crippen molar-refractivity contribution in [3.8, 4) is 5.75 Å². The van der Waals surface area contributed by atoms with Crippen molar-refractivity contribution < 1.29 is 22.6 Å². The van der Waals surface area contributed by atoms with Gasteiger partial charge >= 0.3 is 6.18 Å². The van der Waals surface area contributed by atoms with Gasteiger partial charge in [0.05, 0.1) is 37.2 Å². The zero-order valence-corrected chi connectivity index (χ0v) is 18.5. The molecule has 0 unspecified atom stereocenters. The molecule has 5 rings (SSSR count). The number of anilines is 2. The molecule has 8 nitrogen and oxygen atoms in total. The van der Waals surface area contributed by atoms with Crippen LogP contribution in [0.2, 0.25) is 0 Å². The molecule has 0 bridgehead atoms. The van der Waals surface area contributed by atoms with Gasteiger partial charge in [0, 0.05) is 43.3 Å². The molecule has 1 saturated heterocycles. The predicted molar refractivity (Wildman–Crippen MR) is 120 cm³/mol. The second-order valence-electron chi connectivity index (χ2n) is 8.49. The highest BCUT2D eigenvalue weighted by Crippen LogP contribution is 2.33. The van der Waals surface area contributed by atoms with Crippen molar-refractivity contribution in [2.24, 2.45) is 0 Å². The second kappa shape index (κ2) is 9.57. The molecule has 1 aromatic carbocycles. The highest BCUT2D eigenvalue weighted by Gasteiger charge is 2.33. The Labute approximate surface area is 194 Å². The summed E-state index contributed by atoms with van der Waals surface area (Å²) in [5, 5.41) is 3.19. The molecule has 3 aromatic rings. The third kappa shape index (κ3) is 5.14. The summed E-state index contributed by atoms with van der Waals surface area (Å²) in [6, 6.07) is 4.17. The Balaban J connectivity index is 1.23. The number of hydrogen-bond acceptors (Lipinski definition) is 8. The quantitative estimate of drug-likeness (QED) is 0.592. The van der Waals surface area contributed by atoms with Crippen molar-refractivity contribution in [2.45, 2.75) is 44.0 Å². The molecule has 0 atom stereocenters. The number of halogens is 3. The minimum absolute atomic E-state index is 0.0156. The molecule has 1 N–H and O–H groups in total. The van der Waals surface area contributed by atoms with Gasteiger partial charge in [-0.3, -0.25) is 4.98 Å². The van der Waals surface area contributed by atoms with E-state index in [1.165, 1.54) is 0 Å². The molecule has 11 heteroatoms. The molecule has 2 aromatic heterocycles. The molecular weight excluding hydrogens is 449 g/mol. The molecule has 34 heavy (non-hydrogen) atoms. The Morgan fingerprint density at radius 1 is 0.941 bits per heavy atom. The van der Waals surface area contributed by atoms with Crippen LogP contribution in [0.1, 0.15) is 31.4 Å². The van der Waals surface area contributed by atoms with Crippen LogP contribution in [0.15, 0.2) is 36.9 Å². The summed E-state index contributed by atoms with van der Waals surface area (Å²) in [5.74, 6) is 1.06. The number of nitrogens with zero attached hydrogens (tertiary/aromatic N) is 5. The molecular formula is C23H25F3N6O2. The molecule has 2 fully saturated rings. The molecule has 0 radical (unpaired) electrons. The van der Waals surface area contributed by atoms with Gasteiger partial charge in [-0.05, 0) is 31.7 Å². The van der Waals surface area contributed by atoms with E-state index in [0.717, 1.165) is 73.6 Å². The molecule has 2 aliphatic rings. The van der Waals surface area contributed by atoms with Gasteiger partial charge in [-0.15, -0.1) is 0 Å². The van der Waals surface area contributed by atoms with E-state index in [0.29, 0.717) is 19.0 Å². The maximum atomic E-state index is 12.7. The lowest BCUT2D eigenvalue weighted by atomic mass is 9.93. The Hall–Kier alpha value is -3.21. The van der Waals surface area contributed by atoms with Crippen LogP contribution in [-0.4, -0.2) is 58.4 Å². The molecule has 0 amide bonds. The molecule has 1 aliphatic carbocycles. The first kappa shape index (κ1) is 22.6. The first-order chi connectivity index (χ1) is 16.5. The van der Waals surface area contributed by atoms with E-state index in [4.69, 9.17) is 9.47 Å². The minimum atomic E-state index is -4.49. The van der Waals surface area contributed by atoms with Crippen molar-refractivity contribution in [3.05, 3.63) is 42.6 Å². The van der Waals surface area contributed by atoms with Gasteiger partial charge in [0.25, 0.3) is 0 Å². The number of morpholine rings is 1. The average molecular weight is 474 g/mol. The van der Waals surface area contributed by atoms with Crippen molar-refractivity contribution >= 4 is 22.5 Å². The van der Waals surface area contributed by atoms with E-state index in [1.54, 1.807) is 12.4 Å². The van der Waals surface area contributed by atoms with Crippen LogP contribution in [-0.2, 0) is 10.9 Å². The van der Waals surface area contributed by atoms with Gasteiger partial charge in [0.1, 0.15) is 17.1 Å². The fourth-order valence-corrected chi connectivity index (χ4v) is 4.39. The van der Waals surface area contributed by atoms with Crippen molar-refractivity contribution in [3.63, 3.8) is 0 Å². The fourth-order valence-electron chi connectivity index (χ4n) is 4.39. The Bertz CT molecular complexity index is 1110. The average Bonchev–Trinajstić information content (AvgIpc) is 2.85. The first-order valence-corrected chi connectivity index (χ1v) is 11.4. The smallest absolute Gasteiger partial charge is 0.434 e. The second-order valence-corrected chi connectivity index (χ2v) is 8.49. The Kier molecular flexibility index (Phi) is 6.36. The Morgan fingerprint density at radius 2 is 1.71 bits per heavy atom. The van der Waals surface area contributed by atoms with E-state index < -0.39 is 11.9 Å². The van der Waals surface area contributed by atoms with E-state index in [-0.39, 0.29) is 12.1 Å². The number of rotatable bonds is 5. The zero-order valence-electron chi connectivity index (χ0n) is 18.5. The molecule has 180 valence electrons. The SMILES string of the molecule is FC(F)(F)c1cnc(NC2CCC(Oc3cc(N4CCOCC4)cc4nccnc34)CC2)cn1. The van der Waals surface area contributed by atoms with Gasteiger partial charge in [-0.2, -0.15) is 13.2 Å². The summed E-state index contributed by atoms with van der Waals surface area (Å²) < 4.78 is 49.9. The number of benzene rings is 1. The molecule has 3 heterocycles. The number of hydrogen-bond donors (Lipinski definition) is 1. The number of aromatic nitrogens is 4. The largest absolute Gasteiger partial charge is 0.488 e. The number of nitrogens with one attached hydrogen (secondary N) is 1. The predicted octanol–water partition coefficient (Wildman–Crippen LogP) is 4.08. The Morgan fingerprint density at radius 3 is 2.41 bits per heavy atom. The van der Waals surface area contributed by atoms with Crippen LogP contribution in [0, 0.1) is 0 Å². The highest BCUT2D eigenvalue weighted by atomic mass is 19.4. The van der Waals surface area contributed by atoms with Crippen LogP contribution in [0.3, 0.4) is 0 Å². The standard InChI is InChI=1S/C23H25F3N6O2/c24-23(25,26)20-13-30-21(14-29-20)31-15-1-3-17(4-2-15)34-19-12-16(32-7-9-33-10-8-32)11-18-22(19)28-6-5-27-18/h5-6,11-15,17H,1-4,7-10H2,(H,30,31). The molecule has 1 aliphatic heterocycles. The van der Waals surface area contributed by atoms with Crippen molar-refractivity contribution in [1.29, 1.82) is 0 Å². The van der Waals surface area contributed by atoms with Crippen LogP contribution in [0.5, 0.6) is 5.75 Å². The van der Waals surface area contributed by atoms with E-state index in [1.807, 2.05) is 12.1 Å². The minimum Gasteiger partial charge on any atom is -0.488 e. The number of alkyl halides is 3. The molecule has 0 spiro atoms. The normalized spacial score (nSPS) is 21.4. The van der Waals surface area contributed by atoms with E-state index in [9.17, 15) is 13.2 Å². The van der Waals surface area contributed by atoms with E-state index >= 15 is 0 Å². The lowest BCUT2D eigenvalue weighted by molar-refractivity contribution is -0.141. The zero-order chi connectivity index (χ0) is 23.5. The van der Waals surface area contributed by atoms with Gasteiger partial charge in [0.15, 0.2) is 5.69 Å². The molecule has 1 saturated carbocycles. The van der Waals surface area contributed by atoms with Crippen molar-refractivity contribution in [1.82, 2.24) is 19.9 Å². The first-order valence-electron chi connectivity index (χ1n) is 11.4. The monoisotopic (exact) mass is 474 g/mol. The van der Waals surface area contributed by atoms with Crippen LogP contribution >= 0.6 is 0 Å². The summed E-state index contributed by atoms with van der Waals surface area (Å²) in [4.78, 5) is 18.6. The van der Waals surface area contributed by atoms with Crippen LogP contribution in [0.4, 0.5) is 24.7 Å². The van der Waals surface area contributed by atoms with E-state index in [2.05, 4.69) is 30.2 Å². The van der Waals surface area contributed by atoms with Gasteiger partial charge in [0.2, 0.25) is 0 Å². The maximum Gasteiger partial charge on any atom is 0.434 e.